The van der Waals surface area contributed by atoms with Crippen molar-refractivity contribution in [2.75, 3.05) is 0 Å². The van der Waals surface area contributed by atoms with E-state index in [1.807, 2.05) is 13.2 Å². The monoisotopic (exact) mass is 149 g/mol. The molecule has 1 radical (unpaired) electrons. The van der Waals surface area contributed by atoms with Crippen molar-refractivity contribution >= 4 is 6.29 Å². The minimum atomic E-state index is 0.0775. The predicted octanol–water partition coefficient (Wildman–Crippen LogP) is 1.08. The number of carbonyl (C=O) groups excluding carboxylic acids is 1. The Kier molecular flexibility index (Phi) is 2.72. The highest BCUT2D eigenvalue weighted by Gasteiger charge is 2.06. The van der Waals surface area contributed by atoms with Crippen LogP contribution in [0.3, 0.4) is 0 Å². The lowest BCUT2D eigenvalue weighted by Gasteiger charge is -2.02. The first-order valence-corrected chi connectivity index (χ1v) is 3.46. The zero-order valence-corrected chi connectivity index (χ0v) is 6.32. The molecule has 0 bridgehead atoms. The first-order chi connectivity index (χ1) is 5.34. The van der Waals surface area contributed by atoms with Gasteiger partial charge in [-0.25, -0.2) is 9.97 Å². The van der Waals surface area contributed by atoms with Crippen molar-refractivity contribution in [1.82, 2.24) is 9.97 Å². The van der Waals surface area contributed by atoms with Crippen LogP contribution in [0, 0.1) is 0 Å². The molecule has 0 N–H and O–H groups in total. The normalized spacial score (nSPS) is 12.5. The Morgan fingerprint density at radius 3 is 2.73 bits per heavy atom. The van der Waals surface area contributed by atoms with E-state index in [-0.39, 0.29) is 5.92 Å². The zero-order valence-electron chi connectivity index (χ0n) is 6.32. The summed E-state index contributed by atoms with van der Waals surface area (Å²) in [4.78, 5) is 18.0. The van der Waals surface area contributed by atoms with Crippen molar-refractivity contribution in [1.29, 1.82) is 0 Å². The van der Waals surface area contributed by atoms with Crippen molar-refractivity contribution in [3.8, 4) is 0 Å². The fourth-order valence-corrected chi connectivity index (χ4v) is 0.781. The van der Waals surface area contributed by atoms with E-state index in [1.54, 1.807) is 18.5 Å². The molecule has 1 aromatic heterocycles. The molecule has 3 heteroatoms. The van der Waals surface area contributed by atoms with Gasteiger partial charge in [0.25, 0.3) is 0 Å². The second-order valence-corrected chi connectivity index (χ2v) is 2.36. The van der Waals surface area contributed by atoms with Gasteiger partial charge in [0, 0.05) is 24.7 Å². The summed E-state index contributed by atoms with van der Waals surface area (Å²) in [5.41, 5.74) is 0. The van der Waals surface area contributed by atoms with Crippen LogP contribution in [-0.2, 0) is 4.79 Å². The molecule has 57 valence electrons. The van der Waals surface area contributed by atoms with E-state index in [0.717, 1.165) is 0 Å². The largest absolute Gasteiger partial charge is 0.291 e. The highest BCUT2D eigenvalue weighted by molar-refractivity contribution is 5.51. The standard InChI is InChI=1S/C8H9N2O/c1-7(3-6-11)8-9-4-2-5-10-8/h2,4-5,7H,3H2,1H3. The molecule has 1 unspecified atom stereocenters. The van der Waals surface area contributed by atoms with Crippen molar-refractivity contribution in [2.45, 2.75) is 19.3 Å². The van der Waals surface area contributed by atoms with Crippen molar-refractivity contribution in [3.63, 3.8) is 0 Å². The van der Waals surface area contributed by atoms with Gasteiger partial charge in [-0.05, 0) is 6.07 Å². The summed E-state index contributed by atoms with van der Waals surface area (Å²) in [6.07, 6.45) is 5.54. The molecule has 1 atom stereocenters. The van der Waals surface area contributed by atoms with Gasteiger partial charge in [-0.1, -0.05) is 6.92 Å². The lowest BCUT2D eigenvalue weighted by atomic mass is 10.1. The molecule has 3 nitrogen and oxygen atoms in total. The zero-order chi connectivity index (χ0) is 8.10. The van der Waals surface area contributed by atoms with E-state index in [1.165, 1.54) is 0 Å². The quantitative estimate of drug-likeness (QED) is 0.645. The minimum Gasteiger partial charge on any atom is -0.291 e. The first-order valence-electron chi connectivity index (χ1n) is 3.46. The van der Waals surface area contributed by atoms with Gasteiger partial charge in [-0.15, -0.1) is 0 Å². The minimum absolute atomic E-state index is 0.0775. The summed E-state index contributed by atoms with van der Waals surface area (Å²) >= 11 is 0. The van der Waals surface area contributed by atoms with Crippen LogP contribution in [0.15, 0.2) is 18.5 Å². The molecule has 1 heterocycles. The average molecular weight is 149 g/mol. The van der Waals surface area contributed by atoms with E-state index in [9.17, 15) is 4.79 Å². The Hall–Kier alpha value is -1.25. The Morgan fingerprint density at radius 2 is 2.18 bits per heavy atom. The fourth-order valence-electron chi connectivity index (χ4n) is 0.781. The lowest BCUT2D eigenvalue weighted by molar-refractivity contribution is 0.542. The number of nitrogens with zero attached hydrogens (tertiary/aromatic N) is 2. The number of rotatable bonds is 3. The average Bonchev–Trinajstić information content (AvgIpc) is 2.07. The van der Waals surface area contributed by atoms with E-state index < -0.39 is 0 Å². The SMILES string of the molecule is CC(C[C]=O)c1ncccn1. The third kappa shape index (κ3) is 2.11. The lowest BCUT2D eigenvalue weighted by Crippen LogP contribution is -1.99. The summed E-state index contributed by atoms with van der Waals surface area (Å²) in [6.45, 7) is 1.90. The fraction of sp³-hybridized carbons (Fsp3) is 0.375. The second kappa shape index (κ2) is 3.81. The summed E-state index contributed by atoms with van der Waals surface area (Å²) in [5, 5.41) is 0. The van der Waals surface area contributed by atoms with Gasteiger partial charge in [0.1, 0.15) is 5.82 Å². The summed E-state index contributed by atoms with van der Waals surface area (Å²) in [6, 6.07) is 1.75. The molecule has 0 aliphatic rings. The van der Waals surface area contributed by atoms with Gasteiger partial charge < -0.3 is 0 Å². The number of aromatic nitrogens is 2. The maximum Gasteiger partial charge on any atom is 0.199 e. The molecule has 1 rings (SSSR count). The summed E-state index contributed by atoms with van der Waals surface area (Å²) < 4.78 is 0. The molecule has 0 amide bonds. The molecular formula is C8H9N2O. The van der Waals surface area contributed by atoms with Crippen molar-refractivity contribution < 1.29 is 4.79 Å². The summed E-state index contributed by atoms with van der Waals surface area (Å²) in [7, 11) is 0. The van der Waals surface area contributed by atoms with Crippen LogP contribution in [0.25, 0.3) is 0 Å². The smallest absolute Gasteiger partial charge is 0.199 e. The molecule has 1 aromatic rings. The highest BCUT2D eigenvalue weighted by atomic mass is 16.1. The van der Waals surface area contributed by atoms with E-state index in [0.29, 0.717) is 12.2 Å². The van der Waals surface area contributed by atoms with Crippen LogP contribution >= 0.6 is 0 Å². The Balaban J connectivity index is 2.68. The highest BCUT2D eigenvalue weighted by Crippen LogP contribution is 2.10. The third-order valence-electron chi connectivity index (χ3n) is 1.42. The Morgan fingerprint density at radius 1 is 1.55 bits per heavy atom. The van der Waals surface area contributed by atoms with Crippen LogP contribution in [0.1, 0.15) is 25.1 Å². The molecule has 0 spiro atoms. The molecule has 0 aliphatic carbocycles. The summed E-state index contributed by atoms with van der Waals surface area (Å²) in [5.74, 6) is 0.782. The number of hydrogen-bond donors (Lipinski definition) is 0. The maximum absolute atomic E-state index is 10.0. The number of hydrogen-bond acceptors (Lipinski definition) is 3. The second-order valence-electron chi connectivity index (χ2n) is 2.36. The van der Waals surface area contributed by atoms with Crippen LogP contribution in [0.5, 0.6) is 0 Å². The third-order valence-corrected chi connectivity index (χ3v) is 1.42. The van der Waals surface area contributed by atoms with Gasteiger partial charge in [-0.3, -0.25) is 4.79 Å². The predicted molar refractivity (Wildman–Crippen MR) is 40.8 cm³/mol. The molecule has 0 aromatic carbocycles. The topological polar surface area (TPSA) is 42.9 Å². The van der Waals surface area contributed by atoms with Gasteiger partial charge in [0.15, 0.2) is 6.29 Å². The van der Waals surface area contributed by atoms with Gasteiger partial charge in [0.05, 0.1) is 0 Å². The van der Waals surface area contributed by atoms with Gasteiger partial charge in [-0.2, -0.15) is 0 Å². The molecule has 0 aliphatic heterocycles. The molecule has 0 saturated carbocycles. The van der Waals surface area contributed by atoms with E-state index in [4.69, 9.17) is 0 Å². The van der Waals surface area contributed by atoms with Crippen molar-refractivity contribution in [2.24, 2.45) is 0 Å². The van der Waals surface area contributed by atoms with Crippen LogP contribution in [-0.4, -0.2) is 16.3 Å². The Bertz CT molecular complexity index is 223. The van der Waals surface area contributed by atoms with Crippen LogP contribution in [0.4, 0.5) is 0 Å². The van der Waals surface area contributed by atoms with Crippen LogP contribution in [0.2, 0.25) is 0 Å². The first kappa shape index (κ1) is 7.85. The van der Waals surface area contributed by atoms with Gasteiger partial charge >= 0.3 is 0 Å². The van der Waals surface area contributed by atoms with Crippen molar-refractivity contribution in [3.05, 3.63) is 24.3 Å². The van der Waals surface area contributed by atoms with E-state index in [2.05, 4.69) is 9.97 Å². The van der Waals surface area contributed by atoms with Crippen LogP contribution < -0.4 is 0 Å². The molecule has 0 saturated heterocycles. The Labute approximate surface area is 65.5 Å². The molecular weight excluding hydrogens is 140 g/mol. The molecule has 0 fully saturated rings. The molecule has 11 heavy (non-hydrogen) atoms. The maximum atomic E-state index is 10.0. The van der Waals surface area contributed by atoms with E-state index >= 15 is 0 Å². The van der Waals surface area contributed by atoms with Gasteiger partial charge in [0.2, 0.25) is 0 Å².